The highest BCUT2D eigenvalue weighted by Crippen LogP contribution is 2.20. The number of thiocarbonyl (C=S) groups is 1. The summed E-state index contributed by atoms with van der Waals surface area (Å²) >= 11 is 11.1. The van der Waals surface area contributed by atoms with Crippen LogP contribution in [-0.4, -0.2) is 16.2 Å². The van der Waals surface area contributed by atoms with Crippen LogP contribution in [0.15, 0.2) is 54.6 Å². The first-order valence-corrected chi connectivity index (χ1v) is 7.43. The van der Waals surface area contributed by atoms with Crippen molar-refractivity contribution in [3.63, 3.8) is 0 Å². The number of carboxylic acid groups (broad SMARTS) is 1. The minimum Gasteiger partial charge on any atom is -0.481 e. The molecule has 1 unspecified atom stereocenters. The number of nitrogens with one attached hydrogen (secondary N) is 2. The van der Waals surface area contributed by atoms with Gasteiger partial charge in [-0.3, -0.25) is 4.79 Å². The van der Waals surface area contributed by atoms with E-state index < -0.39 is 12.0 Å². The molecule has 0 saturated carbocycles. The Labute approximate surface area is 139 Å². The Bertz CT molecular complexity index is 647. The summed E-state index contributed by atoms with van der Waals surface area (Å²) in [6.45, 7) is 0. The highest BCUT2D eigenvalue weighted by molar-refractivity contribution is 7.80. The quantitative estimate of drug-likeness (QED) is 0.725. The van der Waals surface area contributed by atoms with Crippen molar-refractivity contribution in [3.05, 3.63) is 65.2 Å². The maximum Gasteiger partial charge on any atom is 0.305 e. The van der Waals surface area contributed by atoms with E-state index in [0.717, 1.165) is 11.3 Å². The molecule has 0 saturated heterocycles. The Morgan fingerprint density at radius 3 is 2.36 bits per heavy atom. The van der Waals surface area contributed by atoms with Gasteiger partial charge in [-0.05, 0) is 42.0 Å². The van der Waals surface area contributed by atoms with Gasteiger partial charge >= 0.3 is 5.97 Å². The van der Waals surface area contributed by atoms with E-state index in [2.05, 4.69) is 10.6 Å². The predicted molar refractivity (Wildman–Crippen MR) is 92.2 cm³/mol. The molecule has 0 aromatic heterocycles. The van der Waals surface area contributed by atoms with Crippen LogP contribution in [0.4, 0.5) is 5.69 Å². The van der Waals surface area contributed by atoms with Crippen molar-refractivity contribution >= 4 is 40.6 Å². The molecule has 0 amide bonds. The van der Waals surface area contributed by atoms with E-state index in [1.807, 2.05) is 30.3 Å². The fraction of sp³-hybridized carbons (Fsp3) is 0.125. The Morgan fingerprint density at radius 2 is 1.77 bits per heavy atom. The van der Waals surface area contributed by atoms with Crippen LogP contribution >= 0.6 is 23.8 Å². The Kier molecular flexibility index (Phi) is 5.75. The average molecular weight is 335 g/mol. The van der Waals surface area contributed by atoms with Crippen LogP contribution in [0.2, 0.25) is 5.02 Å². The van der Waals surface area contributed by atoms with Gasteiger partial charge < -0.3 is 15.7 Å². The number of aliphatic carboxylic acids is 1. The maximum absolute atomic E-state index is 11.1. The van der Waals surface area contributed by atoms with Crippen LogP contribution in [0.25, 0.3) is 0 Å². The Hall–Kier alpha value is -2.11. The molecule has 1 atom stereocenters. The standard InChI is InChI=1S/C16H15ClN2O2S/c17-12-8-6-11(7-9-12)14(10-15(20)21)19-16(22)18-13-4-2-1-3-5-13/h1-9,14H,10H2,(H,20,21)(H2,18,19,22). The SMILES string of the molecule is O=C(O)CC(NC(=S)Nc1ccccc1)c1ccc(Cl)cc1. The molecule has 2 rings (SSSR count). The lowest BCUT2D eigenvalue weighted by atomic mass is 10.0. The van der Waals surface area contributed by atoms with Crippen LogP contribution in [0.1, 0.15) is 18.0 Å². The molecule has 2 aromatic rings. The Morgan fingerprint density at radius 1 is 1.14 bits per heavy atom. The number of halogens is 1. The van der Waals surface area contributed by atoms with Gasteiger partial charge in [-0.2, -0.15) is 0 Å². The first kappa shape index (κ1) is 16.3. The molecule has 0 bridgehead atoms. The van der Waals surface area contributed by atoms with E-state index >= 15 is 0 Å². The number of carboxylic acids is 1. The summed E-state index contributed by atoms with van der Waals surface area (Å²) in [5.74, 6) is -0.907. The van der Waals surface area contributed by atoms with Gasteiger partial charge in [0.2, 0.25) is 0 Å². The van der Waals surface area contributed by atoms with Crippen molar-refractivity contribution in [2.45, 2.75) is 12.5 Å². The molecular formula is C16H15ClN2O2S. The first-order valence-electron chi connectivity index (χ1n) is 6.64. The third kappa shape index (κ3) is 5.02. The van der Waals surface area contributed by atoms with E-state index in [4.69, 9.17) is 28.9 Å². The maximum atomic E-state index is 11.1. The van der Waals surface area contributed by atoms with E-state index in [1.54, 1.807) is 24.3 Å². The molecule has 0 heterocycles. The second-order valence-corrected chi connectivity index (χ2v) is 5.51. The first-order chi connectivity index (χ1) is 10.5. The van der Waals surface area contributed by atoms with Gasteiger partial charge in [0.15, 0.2) is 5.11 Å². The van der Waals surface area contributed by atoms with Gasteiger partial charge in [0.05, 0.1) is 12.5 Å². The van der Waals surface area contributed by atoms with Crippen LogP contribution in [0.5, 0.6) is 0 Å². The number of carbonyl (C=O) groups is 1. The van der Waals surface area contributed by atoms with Crippen LogP contribution in [0, 0.1) is 0 Å². The summed E-state index contributed by atoms with van der Waals surface area (Å²) in [7, 11) is 0. The predicted octanol–water partition coefficient (Wildman–Crippen LogP) is 3.84. The molecule has 114 valence electrons. The summed E-state index contributed by atoms with van der Waals surface area (Å²) in [6, 6.07) is 16.0. The molecule has 22 heavy (non-hydrogen) atoms. The monoisotopic (exact) mass is 334 g/mol. The van der Waals surface area contributed by atoms with Crippen LogP contribution in [-0.2, 0) is 4.79 Å². The van der Waals surface area contributed by atoms with Crippen LogP contribution < -0.4 is 10.6 Å². The second kappa shape index (κ2) is 7.77. The average Bonchev–Trinajstić information content (AvgIpc) is 2.48. The lowest BCUT2D eigenvalue weighted by molar-refractivity contribution is -0.137. The zero-order valence-electron chi connectivity index (χ0n) is 11.6. The second-order valence-electron chi connectivity index (χ2n) is 4.67. The van der Waals surface area contributed by atoms with Gasteiger partial charge in [-0.15, -0.1) is 0 Å². The van der Waals surface area contributed by atoms with Crippen LogP contribution in [0.3, 0.4) is 0 Å². The van der Waals surface area contributed by atoms with Gasteiger partial charge in [0, 0.05) is 10.7 Å². The summed E-state index contributed by atoms with van der Waals surface area (Å²) in [4.78, 5) is 11.1. The highest BCUT2D eigenvalue weighted by Gasteiger charge is 2.16. The summed E-state index contributed by atoms with van der Waals surface area (Å²) in [5.41, 5.74) is 1.65. The molecule has 2 aromatic carbocycles. The third-order valence-corrected chi connectivity index (χ3v) is 3.46. The van der Waals surface area contributed by atoms with Crippen molar-refractivity contribution in [2.75, 3.05) is 5.32 Å². The number of para-hydroxylation sites is 1. The lowest BCUT2D eigenvalue weighted by Crippen LogP contribution is -2.33. The number of hydrogen-bond donors (Lipinski definition) is 3. The Balaban J connectivity index is 2.07. The molecule has 0 radical (unpaired) electrons. The highest BCUT2D eigenvalue weighted by atomic mass is 35.5. The van der Waals surface area contributed by atoms with E-state index in [9.17, 15) is 4.79 Å². The zero-order chi connectivity index (χ0) is 15.9. The van der Waals surface area contributed by atoms with Gasteiger partial charge in [0.25, 0.3) is 0 Å². The molecule has 0 spiro atoms. The van der Waals surface area contributed by atoms with Crippen molar-refractivity contribution in [1.29, 1.82) is 0 Å². The molecule has 3 N–H and O–H groups in total. The number of hydrogen-bond acceptors (Lipinski definition) is 2. The smallest absolute Gasteiger partial charge is 0.305 e. The number of anilines is 1. The van der Waals surface area contributed by atoms with Crippen molar-refractivity contribution in [1.82, 2.24) is 5.32 Å². The molecular weight excluding hydrogens is 320 g/mol. The van der Waals surface area contributed by atoms with Gasteiger partial charge in [-0.25, -0.2) is 0 Å². The largest absolute Gasteiger partial charge is 0.481 e. The van der Waals surface area contributed by atoms with Crippen molar-refractivity contribution in [3.8, 4) is 0 Å². The minimum atomic E-state index is -0.907. The summed E-state index contributed by atoms with van der Waals surface area (Å²) in [6.07, 6.45) is -0.0851. The molecule has 0 aliphatic heterocycles. The van der Waals surface area contributed by atoms with Gasteiger partial charge in [-0.1, -0.05) is 41.9 Å². The molecule has 4 nitrogen and oxygen atoms in total. The minimum absolute atomic E-state index is 0.0851. The van der Waals surface area contributed by atoms with E-state index in [0.29, 0.717) is 10.1 Å². The number of benzene rings is 2. The van der Waals surface area contributed by atoms with E-state index in [-0.39, 0.29) is 6.42 Å². The molecule has 0 fully saturated rings. The lowest BCUT2D eigenvalue weighted by Gasteiger charge is -2.20. The van der Waals surface area contributed by atoms with Crippen molar-refractivity contribution in [2.24, 2.45) is 0 Å². The zero-order valence-corrected chi connectivity index (χ0v) is 13.2. The third-order valence-electron chi connectivity index (χ3n) is 2.99. The topological polar surface area (TPSA) is 61.4 Å². The molecule has 0 aliphatic carbocycles. The summed E-state index contributed by atoms with van der Waals surface area (Å²) in [5, 5.41) is 16.1. The molecule has 6 heteroatoms. The fourth-order valence-corrected chi connectivity index (χ4v) is 2.35. The normalized spacial score (nSPS) is 11.5. The molecule has 0 aliphatic rings. The fourth-order valence-electron chi connectivity index (χ4n) is 1.97. The van der Waals surface area contributed by atoms with E-state index in [1.165, 1.54) is 0 Å². The summed E-state index contributed by atoms with van der Waals surface area (Å²) < 4.78 is 0. The number of rotatable bonds is 5. The van der Waals surface area contributed by atoms with Gasteiger partial charge in [0.1, 0.15) is 0 Å². The van der Waals surface area contributed by atoms with Crippen molar-refractivity contribution < 1.29 is 9.90 Å².